The molecule has 0 radical (unpaired) electrons. The number of ether oxygens (including phenoxy) is 2. The van der Waals surface area contributed by atoms with Crippen LogP contribution in [0.5, 0.6) is 5.75 Å². The first-order valence-electron chi connectivity index (χ1n) is 11.7. The van der Waals surface area contributed by atoms with Gasteiger partial charge in [0.1, 0.15) is 5.75 Å². The minimum atomic E-state index is -0.689. The summed E-state index contributed by atoms with van der Waals surface area (Å²) in [4.78, 5) is 28.3. The Morgan fingerprint density at radius 3 is 2.90 bits per heavy atom. The number of rotatable bonds is 5. The van der Waals surface area contributed by atoms with Crippen LogP contribution in [0.1, 0.15) is 49.4 Å². The second-order valence-electron chi connectivity index (χ2n) is 9.90. The Balaban J connectivity index is 1.21. The lowest BCUT2D eigenvalue weighted by Crippen LogP contribution is -2.69. The first-order chi connectivity index (χ1) is 15.0. The zero-order valence-corrected chi connectivity index (χ0v) is 18.3. The molecule has 0 aromatic heterocycles. The molecule has 1 spiro atoms. The molecule has 2 aliphatic heterocycles. The van der Waals surface area contributed by atoms with E-state index >= 15 is 0 Å². The topological polar surface area (TPSA) is 79.9 Å². The first-order valence-corrected chi connectivity index (χ1v) is 11.7. The van der Waals surface area contributed by atoms with Gasteiger partial charge in [0.2, 0.25) is 5.91 Å². The fourth-order valence-electron chi connectivity index (χ4n) is 6.12. The van der Waals surface area contributed by atoms with Crippen LogP contribution in [0.4, 0.5) is 0 Å². The summed E-state index contributed by atoms with van der Waals surface area (Å²) in [6, 6.07) is 7.43. The maximum absolute atomic E-state index is 13.1. The lowest BCUT2D eigenvalue weighted by Gasteiger charge is -2.59. The van der Waals surface area contributed by atoms with Crippen molar-refractivity contribution in [2.45, 2.75) is 44.8 Å². The molecule has 31 heavy (non-hydrogen) atoms. The molecule has 1 aromatic carbocycles. The summed E-state index contributed by atoms with van der Waals surface area (Å²) in [6.45, 7) is 7.46. The monoisotopic (exact) mass is 427 g/mol. The van der Waals surface area contributed by atoms with Gasteiger partial charge in [-0.3, -0.25) is 14.5 Å². The van der Waals surface area contributed by atoms with Crippen LogP contribution >= 0.6 is 0 Å². The molecule has 2 N–H and O–H groups in total. The van der Waals surface area contributed by atoms with Crippen molar-refractivity contribution in [3.05, 3.63) is 29.8 Å². The third-order valence-electron chi connectivity index (χ3n) is 7.87. The van der Waals surface area contributed by atoms with Gasteiger partial charge in [-0.25, -0.2) is 0 Å². The van der Waals surface area contributed by atoms with Crippen LogP contribution in [0, 0.1) is 17.3 Å². The number of nitrogens with one attached hydrogen (secondary N) is 2. The first kappa shape index (κ1) is 20.8. The zero-order valence-electron chi connectivity index (χ0n) is 18.3. The van der Waals surface area contributed by atoms with Gasteiger partial charge in [0.25, 0.3) is 5.91 Å². The van der Waals surface area contributed by atoms with Gasteiger partial charge in [-0.15, -0.1) is 0 Å². The van der Waals surface area contributed by atoms with Crippen molar-refractivity contribution >= 4 is 11.8 Å². The Labute approximate surface area is 183 Å². The number of hydrogen-bond acceptors (Lipinski definition) is 5. The Morgan fingerprint density at radius 2 is 2.10 bits per heavy atom. The van der Waals surface area contributed by atoms with Crippen molar-refractivity contribution in [3.63, 3.8) is 0 Å². The molecular weight excluding hydrogens is 394 g/mol. The second kappa shape index (κ2) is 8.10. The average molecular weight is 428 g/mol. The maximum atomic E-state index is 13.1. The minimum Gasteiger partial charge on any atom is -0.467 e. The summed E-state index contributed by atoms with van der Waals surface area (Å²) in [5.41, 5.74) is -0.275. The van der Waals surface area contributed by atoms with E-state index in [1.165, 1.54) is 0 Å². The maximum Gasteiger partial charge on any atom is 0.258 e. The van der Waals surface area contributed by atoms with Crippen LogP contribution in [0.3, 0.4) is 0 Å². The van der Waals surface area contributed by atoms with Crippen LogP contribution in [-0.4, -0.2) is 61.8 Å². The van der Waals surface area contributed by atoms with E-state index in [-0.39, 0.29) is 29.1 Å². The lowest BCUT2D eigenvalue weighted by molar-refractivity contribution is -0.167. The smallest absolute Gasteiger partial charge is 0.258 e. The second-order valence-corrected chi connectivity index (χ2v) is 9.90. The van der Waals surface area contributed by atoms with Gasteiger partial charge in [-0.05, 0) is 49.8 Å². The molecular formula is C24H33N3O4. The zero-order chi connectivity index (χ0) is 21.5. The van der Waals surface area contributed by atoms with Gasteiger partial charge < -0.3 is 20.1 Å². The van der Waals surface area contributed by atoms with Crippen molar-refractivity contribution in [2.75, 3.05) is 39.4 Å². The van der Waals surface area contributed by atoms with Crippen molar-refractivity contribution in [1.82, 2.24) is 15.5 Å². The van der Waals surface area contributed by atoms with E-state index in [2.05, 4.69) is 22.5 Å². The number of amides is 2. The number of fused-ring (bicyclic) bond motifs is 3. The predicted molar refractivity (Wildman–Crippen MR) is 116 cm³/mol. The van der Waals surface area contributed by atoms with Crippen molar-refractivity contribution < 1.29 is 19.1 Å². The highest BCUT2D eigenvalue weighted by molar-refractivity contribution is 5.98. The van der Waals surface area contributed by atoms with Gasteiger partial charge in [-0.1, -0.05) is 19.1 Å². The van der Waals surface area contributed by atoms with E-state index < -0.39 is 5.72 Å². The number of benzene rings is 1. The third-order valence-corrected chi connectivity index (χ3v) is 7.87. The van der Waals surface area contributed by atoms with E-state index in [1.807, 2.05) is 18.2 Å². The van der Waals surface area contributed by atoms with Gasteiger partial charge >= 0.3 is 0 Å². The molecule has 1 aromatic rings. The molecule has 0 unspecified atom stereocenters. The molecule has 2 heterocycles. The number of carbonyl (C=O) groups excluding carboxylic acids is 2. The molecule has 7 nitrogen and oxygen atoms in total. The van der Waals surface area contributed by atoms with E-state index in [0.717, 1.165) is 58.5 Å². The summed E-state index contributed by atoms with van der Waals surface area (Å²) in [5, 5.41) is 6.38. The van der Waals surface area contributed by atoms with Gasteiger partial charge in [0.05, 0.1) is 18.8 Å². The van der Waals surface area contributed by atoms with Gasteiger partial charge in [-0.2, -0.15) is 0 Å². The largest absolute Gasteiger partial charge is 0.467 e. The van der Waals surface area contributed by atoms with Gasteiger partial charge in [0, 0.05) is 37.9 Å². The molecule has 3 aliphatic carbocycles. The summed E-state index contributed by atoms with van der Waals surface area (Å²) < 4.78 is 11.8. The summed E-state index contributed by atoms with van der Waals surface area (Å²) in [6.07, 6.45) is 4.36. The molecule has 7 heteroatoms. The fourth-order valence-corrected chi connectivity index (χ4v) is 6.12. The molecule has 4 fully saturated rings. The highest BCUT2D eigenvalue weighted by atomic mass is 16.5. The number of hydrogen-bond donors (Lipinski definition) is 2. The summed E-state index contributed by atoms with van der Waals surface area (Å²) in [7, 11) is 0. The molecule has 4 atom stereocenters. The standard InChI is InChI=1S/C24H33N3O4/c1-23-8-7-17(24(16-23)26-21(28)18-5-2-3-6-20(18)31-24)15-19(23)22(29)25-9-4-10-27-11-13-30-14-12-27/h2-3,5-6,17,19H,4,7-16H2,1H3,(H,25,29)(H,26,28)/t17-,19+,23-,24-/m0/s1. The van der Waals surface area contributed by atoms with Crippen molar-refractivity contribution in [1.29, 1.82) is 0 Å². The van der Waals surface area contributed by atoms with Crippen LogP contribution in [0.15, 0.2) is 24.3 Å². The normalized spacial score (nSPS) is 34.7. The van der Waals surface area contributed by atoms with E-state index in [9.17, 15) is 9.59 Å². The highest BCUT2D eigenvalue weighted by Crippen LogP contribution is 2.58. The molecule has 168 valence electrons. The molecule has 5 aliphatic rings. The van der Waals surface area contributed by atoms with E-state index in [0.29, 0.717) is 24.3 Å². The Kier molecular flexibility index (Phi) is 5.42. The fraction of sp³-hybridized carbons (Fsp3) is 0.667. The highest BCUT2D eigenvalue weighted by Gasteiger charge is 2.61. The average Bonchev–Trinajstić information content (AvgIpc) is 2.77. The third kappa shape index (κ3) is 3.82. The lowest BCUT2D eigenvalue weighted by atomic mass is 9.52. The van der Waals surface area contributed by atoms with Crippen LogP contribution in [-0.2, 0) is 9.53 Å². The van der Waals surface area contributed by atoms with Gasteiger partial charge in [0.15, 0.2) is 5.72 Å². The van der Waals surface area contributed by atoms with Crippen molar-refractivity contribution in [3.8, 4) is 5.75 Å². The number of para-hydroxylation sites is 1. The van der Waals surface area contributed by atoms with Crippen LogP contribution < -0.4 is 15.4 Å². The predicted octanol–water partition coefficient (Wildman–Crippen LogP) is 2.17. The molecule has 2 bridgehead atoms. The molecule has 3 saturated carbocycles. The minimum absolute atomic E-state index is 0.0297. The Hall–Kier alpha value is -2.12. The SMILES string of the molecule is C[C@@]12CC[C@@H](C[C@@H]1C(=O)NCCCN1CCOCC1)[C@@]1(C2)NC(=O)c2ccccc2O1. The Morgan fingerprint density at radius 1 is 1.29 bits per heavy atom. The number of nitrogens with zero attached hydrogens (tertiary/aromatic N) is 1. The Bertz CT molecular complexity index is 855. The van der Waals surface area contributed by atoms with Crippen LogP contribution in [0.2, 0.25) is 0 Å². The van der Waals surface area contributed by atoms with E-state index in [1.54, 1.807) is 6.07 Å². The molecule has 6 rings (SSSR count). The van der Waals surface area contributed by atoms with E-state index in [4.69, 9.17) is 9.47 Å². The molecule has 1 saturated heterocycles. The van der Waals surface area contributed by atoms with Crippen molar-refractivity contribution in [2.24, 2.45) is 17.3 Å². The quantitative estimate of drug-likeness (QED) is 0.704. The summed E-state index contributed by atoms with van der Waals surface area (Å²) in [5.74, 6) is 0.869. The number of morpholine rings is 1. The molecule has 2 amide bonds. The summed E-state index contributed by atoms with van der Waals surface area (Å²) >= 11 is 0. The van der Waals surface area contributed by atoms with Crippen LogP contribution in [0.25, 0.3) is 0 Å². The number of carbonyl (C=O) groups is 2.